The minimum atomic E-state index is -0.441. The van der Waals surface area contributed by atoms with Gasteiger partial charge in [-0.25, -0.2) is 0 Å². The van der Waals surface area contributed by atoms with Crippen LogP contribution in [0.3, 0.4) is 0 Å². The van der Waals surface area contributed by atoms with E-state index in [1.165, 1.54) is 7.11 Å². The summed E-state index contributed by atoms with van der Waals surface area (Å²) in [4.78, 5) is 26.8. The van der Waals surface area contributed by atoms with Crippen LogP contribution in [0.2, 0.25) is 0 Å². The van der Waals surface area contributed by atoms with Gasteiger partial charge in [0.15, 0.2) is 18.1 Å². The fourth-order valence-electron chi connectivity index (χ4n) is 3.17. The van der Waals surface area contributed by atoms with Crippen LogP contribution in [0.25, 0.3) is 11.1 Å². The molecular weight excluding hydrogens is 394 g/mol. The molecule has 0 spiro atoms. The molecule has 3 rings (SSSR count). The minimum absolute atomic E-state index is 0.0270. The number of H-pyrrole nitrogens is 1. The topological polar surface area (TPSA) is 104 Å². The third-order valence-corrected chi connectivity index (χ3v) is 4.69. The van der Waals surface area contributed by atoms with E-state index in [-0.39, 0.29) is 18.1 Å². The minimum Gasteiger partial charge on any atom is -0.493 e. The second-order valence-corrected chi connectivity index (χ2v) is 6.92. The maximum Gasteiger partial charge on any atom is 0.266 e. The van der Waals surface area contributed by atoms with Crippen LogP contribution in [0.15, 0.2) is 59.4 Å². The number of aromatic nitrogens is 1. The molecule has 3 aromatic rings. The summed E-state index contributed by atoms with van der Waals surface area (Å²) in [6, 6.07) is 18.6. The Morgan fingerprint density at radius 2 is 1.90 bits per heavy atom. The first-order valence-corrected chi connectivity index (χ1v) is 9.77. The van der Waals surface area contributed by atoms with Crippen LogP contribution in [0.5, 0.6) is 11.5 Å². The summed E-state index contributed by atoms with van der Waals surface area (Å²) in [5.41, 5.74) is 2.52. The van der Waals surface area contributed by atoms with Crippen LogP contribution in [0, 0.1) is 18.3 Å². The third kappa shape index (κ3) is 5.52. The second-order valence-electron chi connectivity index (χ2n) is 6.92. The largest absolute Gasteiger partial charge is 0.493 e. The maximum atomic E-state index is 12.1. The van der Waals surface area contributed by atoms with E-state index in [4.69, 9.17) is 9.47 Å². The van der Waals surface area contributed by atoms with E-state index in [0.717, 1.165) is 12.0 Å². The summed E-state index contributed by atoms with van der Waals surface area (Å²) in [6.07, 6.45) is 0.738. The number of ether oxygens (including phenoxy) is 2. The van der Waals surface area contributed by atoms with Gasteiger partial charge in [-0.15, -0.1) is 0 Å². The molecule has 7 nitrogen and oxygen atoms in total. The van der Waals surface area contributed by atoms with Gasteiger partial charge in [0.25, 0.3) is 11.5 Å². The van der Waals surface area contributed by atoms with Crippen molar-refractivity contribution in [3.63, 3.8) is 0 Å². The number of aryl methyl sites for hydroxylation is 1. The first-order valence-electron chi connectivity index (χ1n) is 9.77. The number of hydrogen-bond acceptors (Lipinski definition) is 5. The van der Waals surface area contributed by atoms with Gasteiger partial charge in [0.1, 0.15) is 11.6 Å². The lowest BCUT2D eigenvalue weighted by molar-refractivity contribution is -0.123. The van der Waals surface area contributed by atoms with Gasteiger partial charge in [-0.1, -0.05) is 36.4 Å². The zero-order valence-corrected chi connectivity index (χ0v) is 17.4. The van der Waals surface area contributed by atoms with E-state index in [1.54, 1.807) is 31.2 Å². The van der Waals surface area contributed by atoms with Gasteiger partial charge in [0.05, 0.1) is 7.11 Å². The summed E-state index contributed by atoms with van der Waals surface area (Å²) in [7, 11) is 1.49. The molecule has 31 heavy (non-hydrogen) atoms. The van der Waals surface area contributed by atoms with Gasteiger partial charge >= 0.3 is 0 Å². The van der Waals surface area contributed by atoms with Crippen molar-refractivity contribution in [1.82, 2.24) is 10.3 Å². The van der Waals surface area contributed by atoms with E-state index < -0.39 is 5.56 Å². The Morgan fingerprint density at radius 3 is 2.61 bits per heavy atom. The molecule has 0 atom stereocenters. The number of nitrogens with one attached hydrogen (secondary N) is 2. The van der Waals surface area contributed by atoms with Crippen molar-refractivity contribution in [1.29, 1.82) is 5.26 Å². The molecule has 1 aromatic heterocycles. The van der Waals surface area contributed by atoms with Crippen LogP contribution in [-0.2, 0) is 11.2 Å². The van der Waals surface area contributed by atoms with Gasteiger partial charge in [-0.05, 0) is 42.7 Å². The van der Waals surface area contributed by atoms with Crippen molar-refractivity contribution in [3.8, 4) is 28.7 Å². The van der Waals surface area contributed by atoms with Crippen LogP contribution in [0.4, 0.5) is 0 Å². The number of benzene rings is 2. The number of nitrogens with zero attached hydrogens (tertiary/aromatic N) is 1. The fourth-order valence-corrected chi connectivity index (χ4v) is 3.17. The molecular formula is C24H23N3O4. The van der Waals surface area contributed by atoms with Crippen molar-refractivity contribution in [3.05, 3.63) is 81.8 Å². The zero-order valence-electron chi connectivity index (χ0n) is 17.4. The summed E-state index contributed by atoms with van der Waals surface area (Å²) in [6.45, 7) is 2.11. The number of nitriles is 1. The highest BCUT2D eigenvalue weighted by Crippen LogP contribution is 2.33. The smallest absolute Gasteiger partial charge is 0.266 e. The lowest BCUT2D eigenvalue weighted by Crippen LogP contribution is -2.30. The first kappa shape index (κ1) is 21.7. The number of methoxy groups -OCH3 is 1. The summed E-state index contributed by atoms with van der Waals surface area (Å²) in [5, 5.41) is 12.2. The number of carbonyl (C=O) groups excluding carboxylic acids is 1. The van der Waals surface area contributed by atoms with Crippen LogP contribution in [0.1, 0.15) is 16.8 Å². The second kappa shape index (κ2) is 10.1. The number of hydrogen-bond donors (Lipinski definition) is 2. The summed E-state index contributed by atoms with van der Waals surface area (Å²) < 4.78 is 11.0. The molecule has 158 valence electrons. The van der Waals surface area contributed by atoms with E-state index in [0.29, 0.717) is 34.9 Å². The van der Waals surface area contributed by atoms with Gasteiger partial charge in [0, 0.05) is 17.8 Å². The molecule has 7 heteroatoms. The molecule has 0 aliphatic carbocycles. The molecule has 0 bridgehead atoms. The van der Waals surface area contributed by atoms with Crippen molar-refractivity contribution < 1.29 is 14.3 Å². The zero-order chi connectivity index (χ0) is 22.2. The molecule has 1 amide bonds. The molecule has 0 aliphatic rings. The number of amides is 1. The third-order valence-electron chi connectivity index (χ3n) is 4.69. The standard InChI is InChI=1S/C24H23N3O4/c1-16-12-19(20(14-25)24(29)27-16)18-8-9-21(22(13-18)30-2)31-15-23(28)26-11-10-17-6-4-3-5-7-17/h3-9,12-13H,10-11,15H2,1-2H3,(H,26,28)(H,27,29). The molecule has 2 aromatic carbocycles. The normalized spacial score (nSPS) is 10.2. The Bertz CT molecular complexity index is 1160. The molecule has 0 saturated heterocycles. The van der Waals surface area contributed by atoms with Gasteiger partial charge < -0.3 is 19.8 Å². The Morgan fingerprint density at radius 1 is 1.13 bits per heavy atom. The van der Waals surface area contributed by atoms with Crippen LogP contribution < -0.4 is 20.3 Å². The summed E-state index contributed by atoms with van der Waals surface area (Å²) >= 11 is 0. The molecule has 0 unspecified atom stereocenters. The fraction of sp³-hybridized carbons (Fsp3) is 0.208. The molecule has 0 saturated carbocycles. The van der Waals surface area contributed by atoms with Crippen molar-refractivity contribution in [2.24, 2.45) is 0 Å². The van der Waals surface area contributed by atoms with Gasteiger partial charge in [-0.2, -0.15) is 5.26 Å². The average Bonchev–Trinajstić information content (AvgIpc) is 2.78. The Hall–Kier alpha value is -4.05. The van der Waals surface area contributed by atoms with Crippen LogP contribution in [-0.4, -0.2) is 31.2 Å². The SMILES string of the molecule is COc1cc(-c2cc(C)[nH]c(=O)c2C#N)ccc1OCC(=O)NCCc1ccccc1. The van der Waals surface area contributed by atoms with E-state index in [1.807, 2.05) is 36.4 Å². The predicted octanol–water partition coefficient (Wildman–Crippen LogP) is 2.97. The van der Waals surface area contributed by atoms with Gasteiger partial charge in [-0.3, -0.25) is 9.59 Å². The lowest BCUT2D eigenvalue weighted by Gasteiger charge is -2.13. The highest BCUT2D eigenvalue weighted by atomic mass is 16.5. The lowest BCUT2D eigenvalue weighted by atomic mass is 10.0. The van der Waals surface area contributed by atoms with Crippen molar-refractivity contribution in [2.75, 3.05) is 20.3 Å². The van der Waals surface area contributed by atoms with Gasteiger partial charge in [0.2, 0.25) is 0 Å². The monoisotopic (exact) mass is 417 g/mol. The first-order chi connectivity index (χ1) is 15.0. The molecule has 0 radical (unpaired) electrons. The molecule has 0 fully saturated rings. The molecule has 1 heterocycles. The highest BCUT2D eigenvalue weighted by molar-refractivity contribution is 5.78. The predicted molar refractivity (Wildman–Crippen MR) is 117 cm³/mol. The number of aromatic amines is 1. The van der Waals surface area contributed by atoms with Crippen LogP contribution >= 0.6 is 0 Å². The van der Waals surface area contributed by atoms with E-state index in [9.17, 15) is 14.9 Å². The van der Waals surface area contributed by atoms with Crippen molar-refractivity contribution >= 4 is 5.91 Å². The Labute approximate surface area is 180 Å². The Balaban J connectivity index is 1.66. The summed E-state index contributed by atoms with van der Waals surface area (Å²) in [5.74, 6) is 0.556. The highest BCUT2D eigenvalue weighted by Gasteiger charge is 2.14. The number of pyridine rings is 1. The average molecular weight is 417 g/mol. The van der Waals surface area contributed by atoms with E-state index in [2.05, 4.69) is 10.3 Å². The molecule has 2 N–H and O–H groups in total. The Kier molecular flexibility index (Phi) is 7.07. The molecule has 0 aliphatic heterocycles. The van der Waals surface area contributed by atoms with E-state index >= 15 is 0 Å². The maximum absolute atomic E-state index is 12.1. The number of carbonyl (C=O) groups is 1. The quantitative estimate of drug-likeness (QED) is 0.586. The number of rotatable bonds is 8. The van der Waals surface area contributed by atoms with Crippen molar-refractivity contribution in [2.45, 2.75) is 13.3 Å².